The van der Waals surface area contributed by atoms with Crippen molar-refractivity contribution in [1.82, 2.24) is 14.7 Å². The number of hydrogen-bond acceptors (Lipinski definition) is 5. The van der Waals surface area contributed by atoms with E-state index in [0.717, 1.165) is 6.42 Å². The molecule has 1 amide bonds. The molecular weight excluding hydrogens is 322 g/mol. The second-order valence-electron chi connectivity index (χ2n) is 6.37. The summed E-state index contributed by atoms with van der Waals surface area (Å²) < 4.78 is 1.52. The van der Waals surface area contributed by atoms with Gasteiger partial charge >= 0.3 is 0 Å². The second kappa shape index (κ2) is 7.89. The normalized spacial score (nSPS) is 12.2. The van der Waals surface area contributed by atoms with Crippen molar-refractivity contribution >= 4 is 11.6 Å². The number of amides is 1. The molecule has 1 unspecified atom stereocenters. The van der Waals surface area contributed by atoms with Crippen LogP contribution in [0.3, 0.4) is 0 Å². The number of nitrogens with zero attached hydrogens (tertiary/aromatic N) is 4. The van der Waals surface area contributed by atoms with E-state index in [4.69, 9.17) is 5.73 Å². The van der Waals surface area contributed by atoms with Gasteiger partial charge in [-0.1, -0.05) is 13.8 Å². The number of carbonyl (C=O) groups excluding carboxylic acids is 1. The minimum atomic E-state index is -0.460. The second-order valence-corrected chi connectivity index (χ2v) is 6.37. The first-order valence-corrected chi connectivity index (χ1v) is 8.10. The molecule has 0 aliphatic rings. The highest BCUT2D eigenvalue weighted by atomic mass is 16.6. The van der Waals surface area contributed by atoms with Crippen LogP contribution in [0.5, 0.6) is 0 Å². The number of rotatable bonds is 7. The number of non-ortho nitro benzene ring substituents is 1. The van der Waals surface area contributed by atoms with Crippen LogP contribution in [0.2, 0.25) is 0 Å². The van der Waals surface area contributed by atoms with E-state index in [1.54, 1.807) is 30.3 Å². The van der Waals surface area contributed by atoms with Crippen LogP contribution in [0, 0.1) is 16.0 Å². The van der Waals surface area contributed by atoms with Gasteiger partial charge in [-0.05, 0) is 24.5 Å². The highest BCUT2D eigenvalue weighted by molar-refractivity contribution is 5.93. The highest BCUT2D eigenvalue weighted by Crippen LogP contribution is 2.15. The molecule has 1 heterocycles. The van der Waals surface area contributed by atoms with Crippen LogP contribution in [0.25, 0.3) is 5.69 Å². The van der Waals surface area contributed by atoms with Crippen LogP contribution in [0.15, 0.2) is 36.7 Å². The summed E-state index contributed by atoms with van der Waals surface area (Å²) in [5.41, 5.74) is 7.13. The van der Waals surface area contributed by atoms with Gasteiger partial charge in [0.05, 0.1) is 22.4 Å². The van der Waals surface area contributed by atoms with Crippen LogP contribution in [-0.2, 0) is 0 Å². The van der Waals surface area contributed by atoms with Gasteiger partial charge < -0.3 is 10.6 Å². The minimum Gasteiger partial charge on any atom is -0.342 e. The Balaban J connectivity index is 2.04. The molecule has 2 aromatic rings. The first-order chi connectivity index (χ1) is 11.8. The van der Waals surface area contributed by atoms with Gasteiger partial charge in [-0.25, -0.2) is 4.68 Å². The molecule has 0 fully saturated rings. The summed E-state index contributed by atoms with van der Waals surface area (Å²) in [6.45, 7) is 4.68. The molecule has 0 aliphatic carbocycles. The first-order valence-electron chi connectivity index (χ1n) is 8.10. The third kappa shape index (κ3) is 4.63. The number of nitro benzene ring substituents is 1. The molecule has 1 aromatic heterocycles. The Hall–Kier alpha value is -2.74. The Morgan fingerprint density at radius 3 is 2.56 bits per heavy atom. The fourth-order valence-electron chi connectivity index (χ4n) is 2.30. The van der Waals surface area contributed by atoms with Crippen molar-refractivity contribution in [1.29, 1.82) is 0 Å². The number of aromatic nitrogens is 2. The zero-order chi connectivity index (χ0) is 18.6. The van der Waals surface area contributed by atoms with Gasteiger partial charge in [-0.2, -0.15) is 5.10 Å². The Kier molecular flexibility index (Phi) is 5.87. The lowest BCUT2D eigenvalue weighted by molar-refractivity contribution is -0.384. The molecule has 0 aliphatic heterocycles. The molecule has 1 aromatic carbocycles. The van der Waals surface area contributed by atoms with Crippen molar-refractivity contribution in [2.45, 2.75) is 26.3 Å². The van der Waals surface area contributed by atoms with Crippen LogP contribution in [0.4, 0.5) is 5.69 Å². The lowest BCUT2D eigenvalue weighted by atomic mass is 10.0. The Morgan fingerprint density at radius 2 is 2.00 bits per heavy atom. The van der Waals surface area contributed by atoms with E-state index < -0.39 is 4.92 Å². The van der Waals surface area contributed by atoms with Gasteiger partial charge in [0.15, 0.2) is 0 Å². The average molecular weight is 345 g/mol. The van der Waals surface area contributed by atoms with Gasteiger partial charge in [0.1, 0.15) is 0 Å². The summed E-state index contributed by atoms with van der Waals surface area (Å²) >= 11 is 0. The molecular formula is C17H23N5O3. The highest BCUT2D eigenvalue weighted by Gasteiger charge is 2.16. The molecule has 2 N–H and O–H groups in total. The topological polar surface area (TPSA) is 107 Å². The number of carbonyl (C=O) groups is 1. The number of benzene rings is 1. The fraction of sp³-hybridized carbons (Fsp3) is 0.412. The summed E-state index contributed by atoms with van der Waals surface area (Å²) in [4.78, 5) is 24.3. The van der Waals surface area contributed by atoms with Gasteiger partial charge in [0, 0.05) is 38.0 Å². The van der Waals surface area contributed by atoms with E-state index in [2.05, 4.69) is 18.9 Å². The molecule has 25 heavy (non-hydrogen) atoms. The molecule has 8 heteroatoms. The number of nitro groups is 1. The van der Waals surface area contributed by atoms with E-state index in [-0.39, 0.29) is 17.6 Å². The molecule has 2 rings (SSSR count). The van der Waals surface area contributed by atoms with Gasteiger partial charge in [-0.15, -0.1) is 0 Å². The van der Waals surface area contributed by atoms with Gasteiger partial charge in [-0.3, -0.25) is 14.9 Å². The van der Waals surface area contributed by atoms with Crippen LogP contribution in [0.1, 0.15) is 30.6 Å². The van der Waals surface area contributed by atoms with Gasteiger partial charge in [0.2, 0.25) is 0 Å². The van der Waals surface area contributed by atoms with Crippen molar-refractivity contribution in [3.05, 3.63) is 52.3 Å². The summed E-state index contributed by atoms with van der Waals surface area (Å²) in [7, 11) is 1.73. The fourth-order valence-corrected chi connectivity index (χ4v) is 2.30. The van der Waals surface area contributed by atoms with Crippen molar-refractivity contribution < 1.29 is 9.72 Å². The van der Waals surface area contributed by atoms with Crippen LogP contribution >= 0.6 is 0 Å². The third-order valence-electron chi connectivity index (χ3n) is 4.16. The van der Waals surface area contributed by atoms with Gasteiger partial charge in [0.25, 0.3) is 11.6 Å². The first kappa shape index (κ1) is 18.6. The van der Waals surface area contributed by atoms with E-state index in [0.29, 0.717) is 23.7 Å². The van der Waals surface area contributed by atoms with E-state index >= 15 is 0 Å². The number of nitrogens with two attached hydrogens (primary N) is 1. The molecule has 134 valence electrons. The molecule has 0 bridgehead atoms. The number of hydrogen-bond donors (Lipinski definition) is 1. The molecule has 0 saturated carbocycles. The lowest BCUT2D eigenvalue weighted by Crippen LogP contribution is -2.34. The maximum atomic E-state index is 12.5. The van der Waals surface area contributed by atoms with E-state index in [9.17, 15) is 14.9 Å². The lowest BCUT2D eigenvalue weighted by Gasteiger charge is -2.21. The maximum Gasteiger partial charge on any atom is 0.269 e. The molecule has 0 saturated heterocycles. The van der Waals surface area contributed by atoms with Crippen molar-refractivity contribution in [3.63, 3.8) is 0 Å². The summed E-state index contributed by atoms with van der Waals surface area (Å²) in [5.74, 6) is 0.234. The van der Waals surface area contributed by atoms with E-state index in [1.165, 1.54) is 23.0 Å². The maximum absolute atomic E-state index is 12.5. The smallest absolute Gasteiger partial charge is 0.269 e. The molecule has 0 spiro atoms. The average Bonchev–Trinajstić information content (AvgIpc) is 3.08. The summed E-state index contributed by atoms with van der Waals surface area (Å²) in [6, 6.07) is 6.03. The standard InChI is InChI=1S/C17H23N5O3/c1-12(2)16(18)8-9-20(3)17(23)13-10-19-21(11-13)14-4-6-15(7-5-14)22(24)25/h4-7,10-12,16H,8-9,18H2,1-3H3. The quantitative estimate of drug-likeness (QED) is 0.611. The van der Waals surface area contributed by atoms with E-state index in [1.807, 2.05) is 0 Å². The van der Waals surface area contributed by atoms with Crippen LogP contribution < -0.4 is 5.73 Å². The zero-order valence-electron chi connectivity index (χ0n) is 14.6. The predicted octanol–water partition coefficient (Wildman–Crippen LogP) is 2.23. The minimum absolute atomic E-state index is 0.00781. The molecule has 0 radical (unpaired) electrons. The predicted molar refractivity (Wildman–Crippen MR) is 94.6 cm³/mol. The monoisotopic (exact) mass is 345 g/mol. The van der Waals surface area contributed by atoms with Crippen molar-refractivity contribution in [2.24, 2.45) is 11.7 Å². The Labute approximate surface area is 146 Å². The van der Waals surface area contributed by atoms with Crippen LogP contribution in [-0.4, -0.2) is 45.1 Å². The molecule has 8 nitrogen and oxygen atoms in total. The largest absolute Gasteiger partial charge is 0.342 e. The zero-order valence-corrected chi connectivity index (χ0v) is 14.6. The Bertz CT molecular complexity index is 739. The summed E-state index contributed by atoms with van der Waals surface area (Å²) in [5, 5.41) is 14.9. The van der Waals surface area contributed by atoms with Crippen molar-refractivity contribution in [3.8, 4) is 5.69 Å². The van der Waals surface area contributed by atoms with Crippen molar-refractivity contribution in [2.75, 3.05) is 13.6 Å². The molecule has 1 atom stereocenters. The SMILES string of the molecule is CC(C)C(N)CCN(C)C(=O)c1cnn(-c2ccc([N+](=O)[O-])cc2)c1. The Morgan fingerprint density at radius 1 is 1.36 bits per heavy atom. The third-order valence-corrected chi connectivity index (χ3v) is 4.16. The summed E-state index contributed by atoms with van der Waals surface area (Å²) in [6.07, 6.45) is 3.83.